The number of nitrogens with zero attached hydrogens (tertiary/aromatic N) is 3. The van der Waals surface area contributed by atoms with E-state index in [1.54, 1.807) is 18.9 Å². The number of carbonyl (C=O) groups excluding carboxylic acids is 1. The zero-order valence-electron chi connectivity index (χ0n) is 16.2. The van der Waals surface area contributed by atoms with Crippen LogP contribution in [0.15, 0.2) is 36.4 Å². The van der Waals surface area contributed by atoms with Crippen molar-refractivity contribution in [3.05, 3.63) is 47.7 Å². The molecular formula is C20H26N4O3. The van der Waals surface area contributed by atoms with E-state index in [-0.39, 0.29) is 12.1 Å². The molecule has 0 saturated heterocycles. The predicted octanol–water partition coefficient (Wildman–Crippen LogP) is 3.44. The second-order valence-corrected chi connectivity index (χ2v) is 6.50. The maximum Gasteiger partial charge on any atom is 0.323 e. The summed E-state index contributed by atoms with van der Waals surface area (Å²) in [6.07, 6.45) is 5.00. The molecule has 0 aliphatic carbocycles. The van der Waals surface area contributed by atoms with Gasteiger partial charge in [-0.1, -0.05) is 25.1 Å². The van der Waals surface area contributed by atoms with Gasteiger partial charge in [-0.05, 0) is 31.0 Å². The van der Waals surface area contributed by atoms with Gasteiger partial charge in [0.05, 0.1) is 32.5 Å². The van der Waals surface area contributed by atoms with Gasteiger partial charge in [0.1, 0.15) is 5.82 Å². The van der Waals surface area contributed by atoms with E-state index in [2.05, 4.69) is 23.4 Å². The van der Waals surface area contributed by atoms with Crippen LogP contribution in [0.1, 0.15) is 24.6 Å². The van der Waals surface area contributed by atoms with Crippen LogP contribution in [0.3, 0.4) is 0 Å². The standard InChI is InChI=1S/C20H26N4O3/c1-5-16-7-6-10-23(16)20(25)21-19-11-14(2)22-24(19)13-15-8-9-17(26-3)18(12-15)27-4/h6-9,11-12,16H,5,10,13H2,1-4H3,(H,21,25)/t16-/m0/s1. The average Bonchev–Trinajstić information content (AvgIpc) is 3.28. The van der Waals surface area contributed by atoms with Crippen LogP contribution < -0.4 is 14.8 Å². The first-order chi connectivity index (χ1) is 13.0. The molecule has 1 N–H and O–H groups in total. The van der Waals surface area contributed by atoms with E-state index < -0.39 is 0 Å². The minimum absolute atomic E-state index is 0.111. The van der Waals surface area contributed by atoms with Gasteiger partial charge in [0, 0.05) is 12.6 Å². The number of benzene rings is 1. The van der Waals surface area contributed by atoms with Crippen LogP contribution in [0.4, 0.5) is 10.6 Å². The number of carbonyl (C=O) groups is 1. The first-order valence-electron chi connectivity index (χ1n) is 9.05. The third-order valence-corrected chi connectivity index (χ3v) is 4.66. The van der Waals surface area contributed by atoms with E-state index in [0.717, 1.165) is 17.7 Å². The molecule has 0 spiro atoms. The summed E-state index contributed by atoms with van der Waals surface area (Å²) < 4.78 is 12.4. The molecule has 0 bridgehead atoms. The lowest BCUT2D eigenvalue weighted by Crippen LogP contribution is -2.39. The topological polar surface area (TPSA) is 68.6 Å². The Labute approximate surface area is 159 Å². The lowest BCUT2D eigenvalue weighted by Gasteiger charge is -2.24. The Bertz CT molecular complexity index is 844. The van der Waals surface area contributed by atoms with Gasteiger partial charge in [-0.25, -0.2) is 9.48 Å². The molecule has 1 aromatic heterocycles. The number of anilines is 1. The van der Waals surface area contributed by atoms with Crippen LogP contribution in [0.2, 0.25) is 0 Å². The van der Waals surface area contributed by atoms with Crippen molar-refractivity contribution in [2.45, 2.75) is 32.9 Å². The van der Waals surface area contributed by atoms with E-state index >= 15 is 0 Å². The number of aryl methyl sites for hydroxylation is 1. The smallest absolute Gasteiger partial charge is 0.323 e. The summed E-state index contributed by atoms with van der Waals surface area (Å²) in [7, 11) is 3.22. The second kappa shape index (κ2) is 8.16. The van der Waals surface area contributed by atoms with Gasteiger partial charge in [0.15, 0.2) is 11.5 Å². The number of urea groups is 1. The number of hydrogen-bond donors (Lipinski definition) is 1. The molecule has 1 aromatic carbocycles. The Morgan fingerprint density at radius 1 is 1.26 bits per heavy atom. The van der Waals surface area contributed by atoms with Crippen LogP contribution in [0.25, 0.3) is 0 Å². The third-order valence-electron chi connectivity index (χ3n) is 4.66. The van der Waals surface area contributed by atoms with Gasteiger partial charge in [-0.3, -0.25) is 5.32 Å². The fourth-order valence-corrected chi connectivity index (χ4v) is 3.26. The van der Waals surface area contributed by atoms with Crippen molar-refractivity contribution in [3.8, 4) is 11.5 Å². The Kier molecular flexibility index (Phi) is 5.69. The molecule has 2 amide bonds. The summed E-state index contributed by atoms with van der Waals surface area (Å²) in [5.41, 5.74) is 1.85. The van der Waals surface area contributed by atoms with Gasteiger partial charge < -0.3 is 14.4 Å². The van der Waals surface area contributed by atoms with Crippen molar-refractivity contribution in [2.24, 2.45) is 0 Å². The summed E-state index contributed by atoms with van der Waals surface area (Å²) in [4.78, 5) is 14.5. The van der Waals surface area contributed by atoms with Crippen molar-refractivity contribution in [3.63, 3.8) is 0 Å². The summed E-state index contributed by atoms with van der Waals surface area (Å²) in [6, 6.07) is 7.65. The zero-order valence-corrected chi connectivity index (χ0v) is 16.2. The number of nitrogens with one attached hydrogen (secondary N) is 1. The normalized spacial score (nSPS) is 15.9. The quantitative estimate of drug-likeness (QED) is 0.791. The second-order valence-electron chi connectivity index (χ2n) is 6.50. The van der Waals surface area contributed by atoms with Crippen LogP contribution in [0.5, 0.6) is 11.5 Å². The number of rotatable bonds is 6. The first-order valence-corrected chi connectivity index (χ1v) is 9.05. The fourth-order valence-electron chi connectivity index (χ4n) is 3.26. The highest BCUT2D eigenvalue weighted by Gasteiger charge is 2.24. The Balaban J connectivity index is 1.77. The lowest BCUT2D eigenvalue weighted by molar-refractivity contribution is 0.209. The van der Waals surface area contributed by atoms with Gasteiger partial charge in [0.25, 0.3) is 0 Å². The van der Waals surface area contributed by atoms with Gasteiger partial charge in [0.2, 0.25) is 0 Å². The van der Waals surface area contributed by atoms with Gasteiger partial charge >= 0.3 is 6.03 Å². The highest BCUT2D eigenvalue weighted by Crippen LogP contribution is 2.28. The van der Waals surface area contributed by atoms with E-state index in [1.165, 1.54) is 0 Å². The fraction of sp³-hybridized carbons (Fsp3) is 0.400. The van der Waals surface area contributed by atoms with Crippen LogP contribution >= 0.6 is 0 Å². The number of ether oxygens (including phenoxy) is 2. The molecule has 2 heterocycles. The van der Waals surface area contributed by atoms with E-state index in [0.29, 0.717) is 30.4 Å². The molecule has 1 atom stereocenters. The van der Waals surface area contributed by atoms with Crippen molar-refractivity contribution >= 4 is 11.8 Å². The minimum Gasteiger partial charge on any atom is -0.493 e. The lowest BCUT2D eigenvalue weighted by atomic mass is 10.2. The van der Waals surface area contributed by atoms with E-state index in [9.17, 15) is 4.79 Å². The van der Waals surface area contributed by atoms with E-state index in [4.69, 9.17) is 9.47 Å². The summed E-state index contributed by atoms with van der Waals surface area (Å²) in [5, 5.41) is 7.52. The monoisotopic (exact) mass is 370 g/mol. The molecule has 144 valence electrons. The molecule has 0 fully saturated rings. The molecule has 0 radical (unpaired) electrons. The molecule has 27 heavy (non-hydrogen) atoms. The molecule has 0 saturated carbocycles. The number of hydrogen-bond acceptors (Lipinski definition) is 4. The van der Waals surface area contributed by atoms with Crippen LogP contribution in [-0.4, -0.2) is 47.5 Å². The molecule has 7 heteroatoms. The molecule has 0 unspecified atom stereocenters. The average molecular weight is 370 g/mol. The highest BCUT2D eigenvalue weighted by atomic mass is 16.5. The van der Waals surface area contributed by atoms with Crippen molar-refractivity contribution < 1.29 is 14.3 Å². The first kappa shape index (κ1) is 18.8. The Hall–Kier alpha value is -2.96. The van der Waals surface area contributed by atoms with Gasteiger partial charge in [-0.2, -0.15) is 5.10 Å². The predicted molar refractivity (Wildman–Crippen MR) is 105 cm³/mol. The van der Waals surface area contributed by atoms with E-state index in [1.807, 2.05) is 42.2 Å². The highest BCUT2D eigenvalue weighted by molar-refractivity contribution is 5.89. The largest absolute Gasteiger partial charge is 0.493 e. The zero-order chi connectivity index (χ0) is 19.4. The SMILES string of the molecule is CC[C@H]1C=CCN1C(=O)Nc1cc(C)nn1Cc1ccc(OC)c(OC)c1. The Morgan fingerprint density at radius 2 is 2.04 bits per heavy atom. The molecule has 1 aliphatic heterocycles. The molecule has 3 rings (SSSR count). The summed E-state index contributed by atoms with van der Waals surface area (Å²) >= 11 is 0. The molecule has 7 nitrogen and oxygen atoms in total. The third kappa shape index (κ3) is 4.07. The van der Waals surface area contributed by atoms with Crippen LogP contribution in [-0.2, 0) is 6.54 Å². The molecule has 2 aromatic rings. The minimum atomic E-state index is -0.111. The number of amides is 2. The summed E-state index contributed by atoms with van der Waals surface area (Å²) in [6.45, 7) is 5.13. The molecular weight excluding hydrogens is 344 g/mol. The van der Waals surface area contributed by atoms with Crippen molar-refractivity contribution in [2.75, 3.05) is 26.1 Å². The maximum absolute atomic E-state index is 12.7. The number of methoxy groups -OCH3 is 2. The summed E-state index contributed by atoms with van der Waals surface area (Å²) in [5.74, 6) is 2.02. The molecule has 1 aliphatic rings. The Morgan fingerprint density at radius 3 is 2.74 bits per heavy atom. The van der Waals surface area contributed by atoms with Crippen molar-refractivity contribution in [1.82, 2.24) is 14.7 Å². The maximum atomic E-state index is 12.7. The van der Waals surface area contributed by atoms with Crippen LogP contribution in [0, 0.1) is 6.92 Å². The van der Waals surface area contributed by atoms with Crippen molar-refractivity contribution in [1.29, 1.82) is 0 Å². The van der Waals surface area contributed by atoms with Gasteiger partial charge in [-0.15, -0.1) is 0 Å². The number of aromatic nitrogens is 2.